The molecule has 0 radical (unpaired) electrons. The Morgan fingerprint density at radius 2 is 2.12 bits per heavy atom. The number of carbonyl (C=O) groups is 1. The molecule has 1 aliphatic heterocycles. The number of hydrogen-bond donors (Lipinski definition) is 2. The van der Waals surface area contributed by atoms with E-state index in [2.05, 4.69) is 24.8 Å². The van der Waals surface area contributed by atoms with Crippen LogP contribution in [0.5, 0.6) is 0 Å². The van der Waals surface area contributed by atoms with E-state index < -0.39 is 12.4 Å². The van der Waals surface area contributed by atoms with Crippen molar-refractivity contribution in [3.05, 3.63) is 10.7 Å². The van der Waals surface area contributed by atoms with E-state index in [9.17, 15) is 13.6 Å². The predicted molar refractivity (Wildman–Crippen MR) is 83.4 cm³/mol. The van der Waals surface area contributed by atoms with Crippen molar-refractivity contribution in [3.8, 4) is 0 Å². The van der Waals surface area contributed by atoms with Crippen LogP contribution in [-0.4, -0.2) is 34.9 Å². The van der Waals surface area contributed by atoms with E-state index in [1.165, 1.54) is 25.5 Å². The molecule has 0 saturated heterocycles. The maximum absolute atomic E-state index is 13.3. The average Bonchev–Trinajstić information content (AvgIpc) is 2.89. The Morgan fingerprint density at radius 1 is 1.38 bits per heavy atom. The second-order valence-electron chi connectivity index (χ2n) is 6.18. The number of fused-ring (bicyclic) bond motifs is 1. The van der Waals surface area contributed by atoms with Crippen molar-refractivity contribution in [2.24, 2.45) is 5.92 Å². The Labute approximate surface area is 137 Å². The van der Waals surface area contributed by atoms with Crippen molar-refractivity contribution in [2.75, 3.05) is 11.9 Å². The highest BCUT2D eigenvalue weighted by Crippen LogP contribution is 2.24. The molecule has 8 heteroatoms. The van der Waals surface area contributed by atoms with Crippen LogP contribution >= 0.6 is 0 Å². The summed E-state index contributed by atoms with van der Waals surface area (Å²) in [6.45, 7) is 1.13. The number of carbonyl (C=O) groups excluding carboxylic acids is 1. The van der Waals surface area contributed by atoms with Crippen LogP contribution < -0.4 is 16.0 Å². The quantitative estimate of drug-likeness (QED) is 0.854. The van der Waals surface area contributed by atoms with Gasteiger partial charge in [-0.25, -0.2) is 4.98 Å². The van der Waals surface area contributed by atoms with Crippen LogP contribution in [0.4, 0.5) is 14.7 Å². The fraction of sp³-hybridized carbons (Fsp3) is 0.625. The van der Waals surface area contributed by atoms with Crippen molar-refractivity contribution in [1.82, 2.24) is 9.97 Å². The smallest absolute Gasteiger partial charge is 0.324 e. The molecule has 1 atom stereocenters. The molecule has 2 aliphatic rings. The number of aromatic amines is 1. The molecule has 1 aromatic heterocycles. The highest BCUT2D eigenvalue weighted by atomic mass is 19.3. The van der Waals surface area contributed by atoms with Gasteiger partial charge in [0.15, 0.2) is 0 Å². The second-order valence-corrected chi connectivity index (χ2v) is 6.18. The van der Waals surface area contributed by atoms with E-state index in [0.717, 1.165) is 25.7 Å². The highest BCUT2D eigenvalue weighted by Gasteiger charge is 2.34. The molecule has 0 spiro atoms. The minimum Gasteiger partial charge on any atom is -0.324 e. The van der Waals surface area contributed by atoms with Gasteiger partial charge < -0.3 is 4.98 Å². The molecule has 3 rings (SSSR count). The molecular weight excluding hydrogens is 320 g/mol. The number of nitrogens with one attached hydrogen (secondary N) is 2. The third kappa shape index (κ3) is 4.18. The number of hydrogen-bond acceptors (Lipinski definition) is 4. The number of alkyl halides is 2. The molecule has 1 unspecified atom stereocenters. The molecule has 0 aromatic carbocycles. The van der Waals surface area contributed by atoms with Crippen LogP contribution in [0.1, 0.15) is 39.0 Å². The average molecular weight is 341 g/mol. The lowest BCUT2D eigenvalue weighted by Crippen LogP contribution is -2.29. The zero-order valence-electron chi connectivity index (χ0n) is 13.5. The van der Waals surface area contributed by atoms with Gasteiger partial charge in [0, 0.05) is 5.92 Å². The first-order valence-electron chi connectivity index (χ1n) is 8.21. The fourth-order valence-corrected chi connectivity index (χ4v) is 3.06. The van der Waals surface area contributed by atoms with E-state index in [1.807, 2.05) is 0 Å². The SMILES string of the molecule is CC1/C=c2/[nH]c(NC(=O)C3CCCCC3)n/c2=C/COC(F)(F)O1. The Kier molecular flexibility index (Phi) is 4.96. The Morgan fingerprint density at radius 3 is 2.88 bits per heavy atom. The summed E-state index contributed by atoms with van der Waals surface area (Å²) in [5.74, 6) is 0.259. The van der Waals surface area contributed by atoms with Gasteiger partial charge in [-0.2, -0.15) is 0 Å². The first kappa shape index (κ1) is 17.0. The van der Waals surface area contributed by atoms with Crippen LogP contribution in [0.15, 0.2) is 0 Å². The van der Waals surface area contributed by atoms with Crippen LogP contribution in [0, 0.1) is 5.92 Å². The van der Waals surface area contributed by atoms with E-state index in [0.29, 0.717) is 16.6 Å². The second kappa shape index (κ2) is 6.98. The monoisotopic (exact) mass is 341 g/mol. The van der Waals surface area contributed by atoms with Crippen molar-refractivity contribution < 1.29 is 23.0 Å². The lowest BCUT2D eigenvalue weighted by molar-refractivity contribution is -0.393. The molecule has 2 heterocycles. The standard InChI is InChI=1S/C16H21F2N3O3/c1-10-9-13-12(7-8-23-16(17,18)24-10)19-15(20-13)21-14(22)11-5-3-2-4-6-11/h7,9-11H,2-6,8H2,1H3,(H2,19,20,21,22)/b12-7+,13-9+. The summed E-state index contributed by atoms with van der Waals surface area (Å²) in [4.78, 5) is 19.5. The van der Waals surface area contributed by atoms with Crippen molar-refractivity contribution in [2.45, 2.75) is 51.4 Å². The molecule has 132 valence electrons. The van der Waals surface area contributed by atoms with Gasteiger partial charge in [0.05, 0.1) is 23.4 Å². The number of aromatic nitrogens is 2. The number of amides is 1. The first-order valence-corrected chi connectivity index (χ1v) is 8.21. The number of rotatable bonds is 2. The normalized spacial score (nSPS) is 27.4. The number of nitrogens with zero attached hydrogens (tertiary/aromatic N) is 1. The molecular formula is C16H21F2N3O3. The van der Waals surface area contributed by atoms with Crippen molar-refractivity contribution >= 4 is 24.0 Å². The molecule has 1 fully saturated rings. The summed E-state index contributed by atoms with van der Waals surface area (Å²) in [6.07, 6.45) is 3.46. The van der Waals surface area contributed by atoms with Gasteiger partial charge in [0.1, 0.15) is 0 Å². The van der Waals surface area contributed by atoms with E-state index in [1.54, 1.807) is 0 Å². The highest BCUT2D eigenvalue weighted by molar-refractivity contribution is 5.90. The lowest BCUT2D eigenvalue weighted by atomic mass is 9.89. The number of anilines is 1. The molecule has 1 aromatic rings. The Bertz CT molecular complexity index is 711. The van der Waals surface area contributed by atoms with E-state index >= 15 is 0 Å². The fourth-order valence-electron chi connectivity index (χ4n) is 3.06. The summed E-state index contributed by atoms with van der Waals surface area (Å²) in [5, 5.41) is 3.74. The topological polar surface area (TPSA) is 76.2 Å². The molecule has 2 N–H and O–H groups in total. The van der Waals surface area contributed by atoms with Gasteiger partial charge in [-0.3, -0.25) is 19.6 Å². The maximum Gasteiger partial charge on any atom is 0.486 e. The third-order valence-electron chi connectivity index (χ3n) is 4.23. The molecule has 6 nitrogen and oxygen atoms in total. The minimum absolute atomic E-state index is 0.00637. The summed E-state index contributed by atoms with van der Waals surface area (Å²) in [6, 6.07) is 0. The van der Waals surface area contributed by atoms with Crippen LogP contribution in [0.2, 0.25) is 0 Å². The van der Waals surface area contributed by atoms with Gasteiger partial charge in [-0.1, -0.05) is 19.3 Å². The van der Waals surface area contributed by atoms with Crippen LogP contribution in [0.3, 0.4) is 0 Å². The summed E-state index contributed by atoms with van der Waals surface area (Å²) >= 11 is 0. The van der Waals surface area contributed by atoms with Gasteiger partial charge in [-0.15, -0.1) is 8.78 Å². The summed E-state index contributed by atoms with van der Waals surface area (Å²) < 4.78 is 35.5. The third-order valence-corrected chi connectivity index (χ3v) is 4.23. The number of H-pyrrole nitrogens is 1. The summed E-state index contributed by atoms with van der Waals surface area (Å²) in [5.41, 5.74) is 0. The lowest BCUT2D eigenvalue weighted by Gasteiger charge is -2.19. The number of imidazole rings is 1. The van der Waals surface area contributed by atoms with Gasteiger partial charge in [0.25, 0.3) is 0 Å². The number of halogens is 2. The minimum atomic E-state index is -3.64. The maximum atomic E-state index is 13.3. The molecule has 1 aliphatic carbocycles. The Balaban J connectivity index is 1.79. The zero-order valence-corrected chi connectivity index (χ0v) is 13.5. The van der Waals surface area contributed by atoms with Crippen molar-refractivity contribution in [1.29, 1.82) is 0 Å². The first-order chi connectivity index (χ1) is 11.4. The number of ether oxygens (including phenoxy) is 2. The molecule has 0 bridgehead atoms. The van der Waals surface area contributed by atoms with Crippen LogP contribution in [0.25, 0.3) is 12.2 Å². The predicted octanol–water partition coefficient (Wildman–Crippen LogP) is 1.48. The van der Waals surface area contributed by atoms with E-state index in [4.69, 9.17) is 0 Å². The zero-order chi connectivity index (χ0) is 17.2. The van der Waals surface area contributed by atoms with Gasteiger partial charge in [-0.05, 0) is 31.9 Å². The van der Waals surface area contributed by atoms with Gasteiger partial charge >= 0.3 is 6.29 Å². The van der Waals surface area contributed by atoms with E-state index in [-0.39, 0.29) is 18.4 Å². The van der Waals surface area contributed by atoms with Gasteiger partial charge in [0.2, 0.25) is 11.9 Å². The molecule has 1 amide bonds. The molecule has 24 heavy (non-hydrogen) atoms. The van der Waals surface area contributed by atoms with Crippen molar-refractivity contribution in [3.63, 3.8) is 0 Å². The largest absolute Gasteiger partial charge is 0.486 e. The Hall–Kier alpha value is -1.80. The summed E-state index contributed by atoms with van der Waals surface area (Å²) in [7, 11) is 0. The molecule has 1 saturated carbocycles. The van der Waals surface area contributed by atoms with Crippen LogP contribution in [-0.2, 0) is 14.3 Å².